The minimum atomic E-state index is -3.71. The van der Waals surface area contributed by atoms with Crippen LogP contribution in [0.25, 0.3) is 0 Å². The minimum absolute atomic E-state index is 0.0824. The first-order chi connectivity index (χ1) is 13.9. The van der Waals surface area contributed by atoms with Gasteiger partial charge in [-0.05, 0) is 59.7 Å². The van der Waals surface area contributed by atoms with Crippen molar-refractivity contribution in [2.45, 2.75) is 18.0 Å². The average molecular weight is 412 g/mol. The number of phenols is 1. The lowest BCUT2D eigenvalue weighted by molar-refractivity contribution is 0.251. The topological polar surface area (TPSA) is 120 Å². The van der Waals surface area contributed by atoms with Gasteiger partial charge in [0.05, 0.1) is 4.90 Å². The van der Waals surface area contributed by atoms with Crippen LogP contribution in [0.2, 0.25) is 0 Å². The second-order valence-corrected chi connectivity index (χ2v) is 7.95. The van der Waals surface area contributed by atoms with Gasteiger partial charge in [0, 0.05) is 31.2 Å². The van der Waals surface area contributed by atoms with Crippen molar-refractivity contribution in [2.24, 2.45) is 0 Å². The first-order valence-corrected chi connectivity index (χ1v) is 10.2. The number of nitrogens with one attached hydrogen (secondary N) is 3. The number of phenolic OH excluding ortho intramolecular Hbond substituents is 1. The summed E-state index contributed by atoms with van der Waals surface area (Å²) in [5.74, 6) is 0.115. The molecular formula is C20H20N4O4S. The number of nitrogens with zero attached hydrogens (tertiary/aromatic N) is 1. The number of rotatable bonds is 7. The maximum Gasteiger partial charge on any atom is 0.319 e. The molecule has 1 heterocycles. The molecule has 3 rings (SSSR count). The molecule has 0 radical (unpaired) electrons. The van der Waals surface area contributed by atoms with Crippen molar-refractivity contribution in [3.63, 3.8) is 0 Å². The number of carbonyl (C=O) groups is 1. The SMILES string of the molecule is O=C(NCc1ccncc1)Nc1ccc(S(=O)(=O)NCc2ccc(O)cc2)cc1. The molecule has 0 atom stereocenters. The summed E-state index contributed by atoms with van der Waals surface area (Å²) in [5.41, 5.74) is 2.10. The molecule has 2 amide bonds. The first kappa shape index (κ1) is 20.3. The van der Waals surface area contributed by atoms with E-state index in [0.29, 0.717) is 12.2 Å². The summed E-state index contributed by atoms with van der Waals surface area (Å²) in [6.07, 6.45) is 3.29. The van der Waals surface area contributed by atoms with E-state index in [0.717, 1.165) is 11.1 Å². The van der Waals surface area contributed by atoms with Crippen LogP contribution in [0.15, 0.2) is 78.0 Å². The highest BCUT2D eigenvalue weighted by Gasteiger charge is 2.14. The standard InChI is InChI=1S/C20H20N4O4S/c25-18-5-1-15(2-6-18)14-23-29(27,28)19-7-3-17(4-8-19)24-20(26)22-13-16-9-11-21-12-10-16/h1-12,23,25H,13-14H2,(H2,22,24,26). The van der Waals surface area contributed by atoms with Crippen LogP contribution in [0.5, 0.6) is 5.75 Å². The van der Waals surface area contributed by atoms with Crippen molar-refractivity contribution in [1.82, 2.24) is 15.0 Å². The fourth-order valence-electron chi connectivity index (χ4n) is 2.45. The van der Waals surface area contributed by atoms with E-state index in [4.69, 9.17) is 0 Å². The van der Waals surface area contributed by atoms with E-state index < -0.39 is 16.1 Å². The Bertz CT molecular complexity index is 1050. The van der Waals surface area contributed by atoms with Gasteiger partial charge in [0.2, 0.25) is 10.0 Å². The molecule has 8 nitrogen and oxygen atoms in total. The van der Waals surface area contributed by atoms with Crippen molar-refractivity contribution < 1.29 is 18.3 Å². The normalized spacial score (nSPS) is 11.0. The second kappa shape index (κ2) is 9.18. The van der Waals surface area contributed by atoms with Crippen LogP contribution in [0, 0.1) is 0 Å². The zero-order valence-electron chi connectivity index (χ0n) is 15.4. The zero-order chi connectivity index (χ0) is 20.7. The molecule has 9 heteroatoms. The number of anilines is 1. The van der Waals surface area contributed by atoms with Gasteiger partial charge in [-0.3, -0.25) is 4.98 Å². The Morgan fingerprint density at radius 2 is 1.48 bits per heavy atom. The molecule has 0 aliphatic rings. The number of carbonyl (C=O) groups excluding carboxylic acids is 1. The predicted octanol–water partition coefficient (Wildman–Crippen LogP) is 2.59. The van der Waals surface area contributed by atoms with Crippen molar-refractivity contribution in [3.8, 4) is 5.75 Å². The zero-order valence-corrected chi connectivity index (χ0v) is 16.2. The molecular weight excluding hydrogens is 392 g/mol. The predicted molar refractivity (Wildman–Crippen MR) is 109 cm³/mol. The van der Waals surface area contributed by atoms with E-state index >= 15 is 0 Å². The van der Waals surface area contributed by atoms with Crippen LogP contribution >= 0.6 is 0 Å². The van der Waals surface area contributed by atoms with Crippen molar-refractivity contribution in [3.05, 3.63) is 84.2 Å². The summed E-state index contributed by atoms with van der Waals surface area (Å²) in [6.45, 7) is 0.446. The first-order valence-electron chi connectivity index (χ1n) is 8.74. The Morgan fingerprint density at radius 1 is 0.862 bits per heavy atom. The Hall–Kier alpha value is -3.43. The molecule has 3 aromatic rings. The van der Waals surface area contributed by atoms with Crippen LogP contribution in [0.4, 0.5) is 10.5 Å². The van der Waals surface area contributed by atoms with Gasteiger partial charge in [0.15, 0.2) is 0 Å². The van der Waals surface area contributed by atoms with Crippen LogP contribution < -0.4 is 15.4 Å². The number of pyridine rings is 1. The number of aromatic nitrogens is 1. The molecule has 0 spiro atoms. The highest BCUT2D eigenvalue weighted by molar-refractivity contribution is 7.89. The summed E-state index contributed by atoms with van der Waals surface area (Å²) < 4.78 is 27.3. The van der Waals surface area contributed by atoms with E-state index in [1.165, 1.54) is 36.4 Å². The summed E-state index contributed by atoms with van der Waals surface area (Å²) in [6, 6.07) is 15.3. The number of amides is 2. The smallest absolute Gasteiger partial charge is 0.319 e. The van der Waals surface area contributed by atoms with Crippen molar-refractivity contribution >= 4 is 21.7 Å². The molecule has 29 heavy (non-hydrogen) atoms. The Morgan fingerprint density at radius 3 is 2.14 bits per heavy atom. The van der Waals surface area contributed by atoms with Gasteiger partial charge in [0.1, 0.15) is 5.75 Å². The average Bonchev–Trinajstić information content (AvgIpc) is 2.73. The fourth-order valence-corrected chi connectivity index (χ4v) is 3.47. The number of benzene rings is 2. The lowest BCUT2D eigenvalue weighted by Crippen LogP contribution is -2.28. The third-order valence-corrected chi connectivity index (χ3v) is 5.44. The number of hydrogen-bond donors (Lipinski definition) is 4. The van der Waals surface area contributed by atoms with Gasteiger partial charge in [-0.15, -0.1) is 0 Å². The van der Waals surface area contributed by atoms with E-state index in [2.05, 4.69) is 20.3 Å². The van der Waals surface area contributed by atoms with E-state index in [9.17, 15) is 18.3 Å². The van der Waals surface area contributed by atoms with E-state index in [1.54, 1.807) is 36.7 Å². The van der Waals surface area contributed by atoms with Crippen LogP contribution in [0.3, 0.4) is 0 Å². The maximum atomic E-state index is 12.4. The fraction of sp³-hybridized carbons (Fsp3) is 0.100. The van der Waals surface area contributed by atoms with E-state index in [1.807, 2.05) is 0 Å². The van der Waals surface area contributed by atoms with E-state index in [-0.39, 0.29) is 17.2 Å². The van der Waals surface area contributed by atoms with Crippen LogP contribution in [0.1, 0.15) is 11.1 Å². The van der Waals surface area contributed by atoms with Crippen molar-refractivity contribution in [2.75, 3.05) is 5.32 Å². The summed E-state index contributed by atoms with van der Waals surface area (Å²) in [4.78, 5) is 16.0. The minimum Gasteiger partial charge on any atom is -0.508 e. The molecule has 0 saturated carbocycles. The lowest BCUT2D eigenvalue weighted by Gasteiger charge is -2.10. The highest BCUT2D eigenvalue weighted by Crippen LogP contribution is 2.15. The molecule has 0 saturated heterocycles. The molecule has 0 aliphatic carbocycles. The summed E-state index contributed by atoms with van der Waals surface area (Å²) >= 11 is 0. The van der Waals surface area contributed by atoms with Crippen molar-refractivity contribution in [1.29, 1.82) is 0 Å². The van der Waals surface area contributed by atoms with Gasteiger partial charge >= 0.3 is 6.03 Å². The Kier molecular flexibility index (Phi) is 6.43. The van der Waals surface area contributed by atoms with Crippen LogP contribution in [-0.2, 0) is 23.1 Å². The number of hydrogen-bond acceptors (Lipinski definition) is 5. The third kappa shape index (κ3) is 6.03. The molecule has 4 N–H and O–H groups in total. The molecule has 0 unspecified atom stereocenters. The molecule has 1 aromatic heterocycles. The lowest BCUT2D eigenvalue weighted by atomic mass is 10.2. The van der Waals surface area contributed by atoms with Gasteiger partial charge in [0.25, 0.3) is 0 Å². The molecule has 0 fully saturated rings. The summed E-state index contributed by atoms with van der Waals surface area (Å²) in [7, 11) is -3.71. The molecule has 2 aromatic carbocycles. The third-order valence-electron chi connectivity index (χ3n) is 4.03. The number of sulfonamides is 1. The molecule has 0 bridgehead atoms. The van der Waals surface area contributed by atoms with Gasteiger partial charge < -0.3 is 15.7 Å². The maximum absolute atomic E-state index is 12.4. The second-order valence-electron chi connectivity index (χ2n) is 6.18. The highest BCUT2D eigenvalue weighted by atomic mass is 32.2. The monoisotopic (exact) mass is 412 g/mol. The quantitative estimate of drug-likeness (QED) is 0.475. The van der Waals surface area contributed by atoms with Crippen LogP contribution in [-0.4, -0.2) is 24.5 Å². The molecule has 0 aliphatic heterocycles. The van der Waals surface area contributed by atoms with Gasteiger partial charge in [-0.2, -0.15) is 0 Å². The summed E-state index contributed by atoms with van der Waals surface area (Å²) in [5, 5.41) is 14.6. The van der Waals surface area contributed by atoms with Gasteiger partial charge in [-0.1, -0.05) is 12.1 Å². The molecule has 150 valence electrons. The Labute approximate surface area is 168 Å². The Balaban J connectivity index is 1.54. The number of aromatic hydroxyl groups is 1. The largest absolute Gasteiger partial charge is 0.508 e. The number of urea groups is 1. The van der Waals surface area contributed by atoms with Gasteiger partial charge in [-0.25, -0.2) is 17.9 Å².